The van der Waals surface area contributed by atoms with Gasteiger partial charge in [-0.05, 0) is 38.4 Å². The van der Waals surface area contributed by atoms with E-state index in [0.29, 0.717) is 37.2 Å². The van der Waals surface area contributed by atoms with Crippen LogP contribution in [-0.2, 0) is 11.2 Å². The summed E-state index contributed by atoms with van der Waals surface area (Å²) in [4.78, 5) is 0. The molecule has 1 aromatic carbocycles. The van der Waals surface area contributed by atoms with Crippen LogP contribution in [0.25, 0.3) is 0 Å². The van der Waals surface area contributed by atoms with Gasteiger partial charge in [-0.25, -0.2) is 0 Å². The van der Waals surface area contributed by atoms with Crippen LogP contribution in [-0.4, -0.2) is 39.5 Å². The molecule has 0 bridgehead atoms. The summed E-state index contributed by atoms with van der Waals surface area (Å²) in [5.41, 5.74) is 1.02. The van der Waals surface area contributed by atoms with Crippen molar-refractivity contribution in [2.75, 3.05) is 39.5 Å². The summed E-state index contributed by atoms with van der Waals surface area (Å²) < 4.78 is 16.7. The SMILES string of the molecule is CCNCCOCCc1cc(OCC)c(OCC)cc1Cl. The van der Waals surface area contributed by atoms with Crippen LogP contribution in [0.3, 0.4) is 0 Å². The van der Waals surface area contributed by atoms with Gasteiger partial charge in [-0.15, -0.1) is 0 Å². The largest absolute Gasteiger partial charge is 0.490 e. The van der Waals surface area contributed by atoms with Crippen LogP contribution in [0.1, 0.15) is 26.3 Å². The molecular weight excluding hydrogens is 290 g/mol. The molecule has 0 aliphatic rings. The van der Waals surface area contributed by atoms with Crippen LogP contribution in [0.2, 0.25) is 5.02 Å². The third-order valence-electron chi connectivity index (χ3n) is 2.90. The molecule has 5 heteroatoms. The fraction of sp³-hybridized carbons (Fsp3) is 0.625. The van der Waals surface area contributed by atoms with E-state index in [0.717, 1.165) is 30.8 Å². The van der Waals surface area contributed by atoms with Crippen molar-refractivity contribution in [3.63, 3.8) is 0 Å². The Morgan fingerprint density at radius 3 is 2.29 bits per heavy atom. The van der Waals surface area contributed by atoms with Crippen LogP contribution >= 0.6 is 11.6 Å². The van der Waals surface area contributed by atoms with Crippen molar-refractivity contribution in [3.8, 4) is 11.5 Å². The molecule has 0 radical (unpaired) electrons. The van der Waals surface area contributed by atoms with Crippen molar-refractivity contribution in [2.45, 2.75) is 27.2 Å². The van der Waals surface area contributed by atoms with E-state index in [9.17, 15) is 0 Å². The summed E-state index contributed by atoms with van der Waals surface area (Å²) in [6, 6.07) is 3.77. The topological polar surface area (TPSA) is 39.7 Å². The minimum Gasteiger partial charge on any atom is -0.490 e. The molecule has 4 nitrogen and oxygen atoms in total. The van der Waals surface area contributed by atoms with Gasteiger partial charge < -0.3 is 19.5 Å². The second-order valence-corrected chi connectivity index (χ2v) is 4.88. The molecule has 0 fully saturated rings. The lowest BCUT2D eigenvalue weighted by Crippen LogP contribution is -2.19. The Morgan fingerprint density at radius 2 is 1.67 bits per heavy atom. The minimum absolute atomic E-state index is 0.587. The summed E-state index contributed by atoms with van der Waals surface area (Å²) in [5.74, 6) is 1.44. The first-order valence-corrected chi connectivity index (χ1v) is 7.97. The van der Waals surface area contributed by atoms with Crippen molar-refractivity contribution in [3.05, 3.63) is 22.7 Å². The molecule has 0 amide bonds. The Bertz CT molecular complexity index is 413. The summed E-state index contributed by atoms with van der Waals surface area (Å²) in [5, 5.41) is 3.91. The molecule has 0 heterocycles. The minimum atomic E-state index is 0.587. The fourth-order valence-corrected chi connectivity index (χ4v) is 2.16. The molecule has 0 aliphatic carbocycles. The maximum absolute atomic E-state index is 6.30. The highest BCUT2D eigenvalue weighted by molar-refractivity contribution is 6.31. The van der Waals surface area contributed by atoms with E-state index < -0.39 is 0 Å². The molecule has 0 saturated heterocycles. The summed E-state index contributed by atoms with van der Waals surface area (Å²) in [6.45, 7) is 10.3. The lowest BCUT2D eigenvalue weighted by Gasteiger charge is -2.14. The van der Waals surface area contributed by atoms with Gasteiger partial charge in [-0.3, -0.25) is 0 Å². The first kappa shape index (κ1) is 18.1. The Kier molecular flexibility index (Phi) is 9.22. The second-order valence-electron chi connectivity index (χ2n) is 4.47. The Hall–Kier alpha value is -0.970. The number of benzene rings is 1. The lowest BCUT2D eigenvalue weighted by atomic mass is 10.1. The number of rotatable bonds is 11. The molecule has 0 atom stereocenters. The first-order chi connectivity index (χ1) is 10.2. The van der Waals surface area contributed by atoms with E-state index in [1.807, 2.05) is 26.0 Å². The van der Waals surface area contributed by atoms with Gasteiger partial charge in [-0.1, -0.05) is 18.5 Å². The van der Waals surface area contributed by atoms with Gasteiger partial charge in [0.25, 0.3) is 0 Å². The van der Waals surface area contributed by atoms with E-state index in [1.165, 1.54) is 0 Å². The number of likely N-dealkylation sites (N-methyl/N-ethyl adjacent to an activating group) is 1. The van der Waals surface area contributed by atoms with Crippen LogP contribution in [0, 0.1) is 0 Å². The average Bonchev–Trinajstić information content (AvgIpc) is 2.47. The Labute approximate surface area is 132 Å². The molecule has 120 valence electrons. The van der Waals surface area contributed by atoms with Crippen molar-refractivity contribution >= 4 is 11.6 Å². The number of hydrogen-bond acceptors (Lipinski definition) is 4. The monoisotopic (exact) mass is 315 g/mol. The van der Waals surface area contributed by atoms with Gasteiger partial charge in [0.15, 0.2) is 11.5 Å². The zero-order chi connectivity index (χ0) is 15.5. The van der Waals surface area contributed by atoms with Gasteiger partial charge in [0, 0.05) is 17.6 Å². The van der Waals surface area contributed by atoms with Gasteiger partial charge in [0.05, 0.1) is 26.4 Å². The van der Waals surface area contributed by atoms with Gasteiger partial charge in [0.1, 0.15) is 0 Å². The predicted octanol–water partition coefficient (Wildman–Crippen LogP) is 3.31. The van der Waals surface area contributed by atoms with E-state index in [4.69, 9.17) is 25.8 Å². The summed E-state index contributed by atoms with van der Waals surface area (Å²) in [7, 11) is 0. The van der Waals surface area contributed by atoms with E-state index in [2.05, 4.69) is 12.2 Å². The van der Waals surface area contributed by atoms with Crippen LogP contribution in [0.5, 0.6) is 11.5 Å². The number of hydrogen-bond donors (Lipinski definition) is 1. The molecule has 1 rings (SSSR count). The number of nitrogens with one attached hydrogen (secondary N) is 1. The van der Waals surface area contributed by atoms with Crippen molar-refractivity contribution < 1.29 is 14.2 Å². The lowest BCUT2D eigenvalue weighted by molar-refractivity contribution is 0.139. The quantitative estimate of drug-likeness (QED) is 0.636. The summed E-state index contributed by atoms with van der Waals surface area (Å²) >= 11 is 6.30. The maximum atomic E-state index is 6.30. The van der Waals surface area contributed by atoms with Gasteiger partial charge in [0.2, 0.25) is 0 Å². The van der Waals surface area contributed by atoms with Crippen molar-refractivity contribution in [2.24, 2.45) is 0 Å². The summed E-state index contributed by atoms with van der Waals surface area (Å²) in [6.07, 6.45) is 0.761. The smallest absolute Gasteiger partial charge is 0.162 e. The van der Waals surface area contributed by atoms with Gasteiger partial charge in [-0.2, -0.15) is 0 Å². The maximum Gasteiger partial charge on any atom is 0.162 e. The number of ether oxygens (including phenoxy) is 3. The molecule has 0 unspecified atom stereocenters. The third-order valence-corrected chi connectivity index (χ3v) is 3.25. The van der Waals surface area contributed by atoms with Crippen molar-refractivity contribution in [1.29, 1.82) is 0 Å². The Morgan fingerprint density at radius 1 is 1.00 bits per heavy atom. The zero-order valence-electron chi connectivity index (χ0n) is 13.2. The van der Waals surface area contributed by atoms with E-state index in [-0.39, 0.29) is 0 Å². The van der Waals surface area contributed by atoms with E-state index in [1.54, 1.807) is 0 Å². The van der Waals surface area contributed by atoms with Gasteiger partial charge >= 0.3 is 0 Å². The molecule has 21 heavy (non-hydrogen) atoms. The van der Waals surface area contributed by atoms with Crippen LogP contribution in [0.15, 0.2) is 12.1 Å². The normalized spacial score (nSPS) is 10.7. The fourth-order valence-electron chi connectivity index (χ4n) is 1.91. The first-order valence-electron chi connectivity index (χ1n) is 7.59. The molecule has 0 aliphatic heterocycles. The molecule has 0 aromatic heterocycles. The second kappa shape index (κ2) is 10.7. The highest BCUT2D eigenvalue weighted by atomic mass is 35.5. The molecule has 1 aromatic rings. The predicted molar refractivity (Wildman–Crippen MR) is 86.9 cm³/mol. The third kappa shape index (κ3) is 6.55. The van der Waals surface area contributed by atoms with Crippen molar-refractivity contribution in [1.82, 2.24) is 5.32 Å². The van der Waals surface area contributed by atoms with E-state index >= 15 is 0 Å². The Balaban J connectivity index is 2.58. The standard InChI is InChI=1S/C16H26ClNO3/c1-4-18-8-10-19-9-7-13-11-15(20-5-2)16(21-6-3)12-14(13)17/h11-12,18H,4-10H2,1-3H3. The molecule has 1 N–H and O–H groups in total. The highest BCUT2D eigenvalue weighted by Crippen LogP contribution is 2.33. The van der Waals surface area contributed by atoms with Crippen LogP contribution < -0.4 is 14.8 Å². The van der Waals surface area contributed by atoms with Crippen LogP contribution in [0.4, 0.5) is 0 Å². The molecule has 0 spiro atoms. The number of halogens is 1. The highest BCUT2D eigenvalue weighted by Gasteiger charge is 2.10. The zero-order valence-corrected chi connectivity index (χ0v) is 14.0. The molecule has 0 saturated carbocycles. The molecular formula is C16H26ClNO3. The average molecular weight is 316 g/mol.